The van der Waals surface area contributed by atoms with Gasteiger partial charge in [0.1, 0.15) is 0 Å². The van der Waals surface area contributed by atoms with Gasteiger partial charge in [0, 0.05) is 16.4 Å². The Balaban J connectivity index is 1.97. The van der Waals surface area contributed by atoms with Crippen LogP contribution in [0.5, 0.6) is 0 Å². The molecular weight excluding hydrogens is 290 g/mol. The summed E-state index contributed by atoms with van der Waals surface area (Å²) in [5.41, 5.74) is 1.38. The van der Waals surface area contributed by atoms with Crippen LogP contribution in [0.3, 0.4) is 0 Å². The van der Waals surface area contributed by atoms with Gasteiger partial charge >= 0.3 is 11.8 Å². The van der Waals surface area contributed by atoms with Crippen molar-refractivity contribution >= 4 is 34.8 Å². The van der Waals surface area contributed by atoms with E-state index in [0.717, 1.165) is 0 Å². The largest absolute Gasteiger partial charge is 0.318 e. The van der Waals surface area contributed by atoms with Crippen molar-refractivity contribution in [2.45, 2.75) is 0 Å². The Morgan fingerprint density at radius 1 is 0.857 bits per heavy atom. The summed E-state index contributed by atoms with van der Waals surface area (Å²) in [6, 6.07) is 14.6. The third-order valence-electron chi connectivity index (χ3n) is 2.58. The van der Waals surface area contributed by atoms with Gasteiger partial charge in [0.25, 0.3) is 0 Å². The SMILES string of the molecule is N#Cc1ccc(NC(=O)C(=O)Nc2ccc(Cl)cc2)cc1. The van der Waals surface area contributed by atoms with Crippen LogP contribution in [-0.2, 0) is 9.59 Å². The molecular formula is C15H10ClN3O2. The van der Waals surface area contributed by atoms with Crippen LogP contribution >= 0.6 is 11.6 Å². The average molecular weight is 300 g/mol. The summed E-state index contributed by atoms with van der Waals surface area (Å²) in [6.07, 6.45) is 0. The van der Waals surface area contributed by atoms with Crippen molar-refractivity contribution < 1.29 is 9.59 Å². The molecule has 0 bridgehead atoms. The van der Waals surface area contributed by atoms with Gasteiger partial charge in [-0.1, -0.05) is 11.6 Å². The van der Waals surface area contributed by atoms with Crippen LogP contribution in [0.15, 0.2) is 48.5 Å². The summed E-state index contributed by atoms with van der Waals surface area (Å²) in [5.74, 6) is -1.59. The summed E-state index contributed by atoms with van der Waals surface area (Å²) < 4.78 is 0. The van der Waals surface area contributed by atoms with Crippen LogP contribution in [0.4, 0.5) is 11.4 Å². The predicted octanol–water partition coefficient (Wildman–Crippen LogP) is 2.79. The van der Waals surface area contributed by atoms with Gasteiger partial charge < -0.3 is 10.6 Å². The van der Waals surface area contributed by atoms with Crippen molar-refractivity contribution in [3.8, 4) is 6.07 Å². The number of anilines is 2. The van der Waals surface area contributed by atoms with Gasteiger partial charge in [-0.2, -0.15) is 5.26 Å². The molecule has 2 rings (SSSR count). The van der Waals surface area contributed by atoms with Crippen molar-refractivity contribution in [2.24, 2.45) is 0 Å². The summed E-state index contributed by atoms with van der Waals surface area (Å²) in [5, 5.41) is 14.1. The smallest absolute Gasteiger partial charge is 0.314 e. The highest BCUT2D eigenvalue weighted by Gasteiger charge is 2.13. The molecule has 2 amide bonds. The third-order valence-corrected chi connectivity index (χ3v) is 2.83. The van der Waals surface area contributed by atoms with Crippen LogP contribution in [-0.4, -0.2) is 11.8 Å². The summed E-state index contributed by atoms with van der Waals surface area (Å²) >= 11 is 5.73. The number of hydrogen-bond acceptors (Lipinski definition) is 3. The molecule has 2 aromatic rings. The number of carbonyl (C=O) groups excluding carboxylic acids is 2. The van der Waals surface area contributed by atoms with Gasteiger partial charge in [-0.15, -0.1) is 0 Å². The number of halogens is 1. The molecule has 0 heterocycles. The number of amides is 2. The molecule has 21 heavy (non-hydrogen) atoms. The Bertz CT molecular complexity index is 703. The van der Waals surface area contributed by atoms with E-state index in [1.807, 2.05) is 6.07 Å². The topological polar surface area (TPSA) is 82.0 Å². The molecule has 104 valence electrons. The Labute approximate surface area is 126 Å². The minimum atomic E-state index is -0.797. The predicted molar refractivity (Wildman–Crippen MR) is 79.9 cm³/mol. The van der Waals surface area contributed by atoms with E-state index in [1.165, 1.54) is 0 Å². The van der Waals surface area contributed by atoms with Gasteiger partial charge in [-0.05, 0) is 48.5 Å². The van der Waals surface area contributed by atoms with E-state index < -0.39 is 11.8 Å². The van der Waals surface area contributed by atoms with E-state index in [0.29, 0.717) is 22.0 Å². The molecule has 6 heteroatoms. The second kappa shape index (κ2) is 6.55. The fourth-order valence-electron chi connectivity index (χ4n) is 1.54. The van der Waals surface area contributed by atoms with Crippen LogP contribution in [0.2, 0.25) is 5.02 Å². The minimum Gasteiger partial charge on any atom is -0.318 e. The first-order valence-electron chi connectivity index (χ1n) is 5.96. The van der Waals surface area contributed by atoms with E-state index in [2.05, 4.69) is 10.6 Å². The van der Waals surface area contributed by atoms with Crippen molar-refractivity contribution in [3.05, 3.63) is 59.1 Å². The second-order valence-corrected chi connectivity index (χ2v) is 4.54. The maximum atomic E-state index is 11.7. The average Bonchev–Trinajstić information content (AvgIpc) is 2.50. The van der Waals surface area contributed by atoms with Gasteiger partial charge in [-0.25, -0.2) is 0 Å². The number of rotatable bonds is 2. The Morgan fingerprint density at radius 2 is 1.29 bits per heavy atom. The summed E-state index contributed by atoms with van der Waals surface area (Å²) in [4.78, 5) is 23.4. The monoisotopic (exact) mass is 299 g/mol. The van der Waals surface area contributed by atoms with E-state index in [4.69, 9.17) is 16.9 Å². The number of benzene rings is 2. The second-order valence-electron chi connectivity index (χ2n) is 4.10. The molecule has 0 radical (unpaired) electrons. The lowest BCUT2D eigenvalue weighted by molar-refractivity contribution is -0.132. The van der Waals surface area contributed by atoms with Gasteiger partial charge in [0.2, 0.25) is 0 Å². The zero-order valence-electron chi connectivity index (χ0n) is 10.8. The molecule has 2 N–H and O–H groups in total. The number of nitrogens with zero attached hydrogens (tertiary/aromatic N) is 1. The van der Waals surface area contributed by atoms with Gasteiger partial charge in [-0.3, -0.25) is 9.59 Å². The van der Waals surface area contributed by atoms with E-state index in [9.17, 15) is 9.59 Å². The molecule has 0 aliphatic carbocycles. The quantitative estimate of drug-likeness (QED) is 0.837. The lowest BCUT2D eigenvalue weighted by Crippen LogP contribution is -2.29. The lowest BCUT2D eigenvalue weighted by Gasteiger charge is -2.06. The van der Waals surface area contributed by atoms with Gasteiger partial charge in [0.05, 0.1) is 11.6 Å². The zero-order valence-corrected chi connectivity index (χ0v) is 11.5. The van der Waals surface area contributed by atoms with Gasteiger partial charge in [0.15, 0.2) is 0 Å². The highest BCUT2D eigenvalue weighted by molar-refractivity contribution is 6.43. The van der Waals surface area contributed by atoms with Crippen molar-refractivity contribution in [1.29, 1.82) is 5.26 Å². The highest BCUT2D eigenvalue weighted by atomic mass is 35.5. The van der Waals surface area contributed by atoms with Crippen LogP contribution < -0.4 is 10.6 Å². The first kappa shape index (κ1) is 14.6. The molecule has 2 aromatic carbocycles. The Kier molecular flexibility index (Phi) is 4.54. The first-order chi connectivity index (χ1) is 10.1. The molecule has 0 aliphatic heterocycles. The fourth-order valence-corrected chi connectivity index (χ4v) is 1.66. The molecule has 0 unspecified atom stereocenters. The number of carbonyl (C=O) groups is 2. The lowest BCUT2D eigenvalue weighted by atomic mass is 10.2. The fraction of sp³-hybridized carbons (Fsp3) is 0. The van der Waals surface area contributed by atoms with E-state index in [1.54, 1.807) is 48.5 Å². The Morgan fingerprint density at radius 3 is 1.71 bits per heavy atom. The van der Waals surface area contributed by atoms with Crippen LogP contribution in [0.25, 0.3) is 0 Å². The number of nitrogens with one attached hydrogen (secondary N) is 2. The first-order valence-corrected chi connectivity index (χ1v) is 6.34. The number of nitriles is 1. The normalized spacial score (nSPS) is 9.52. The Hall–Kier alpha value is -2.84. The molecule has 0 saturated carbocycles. The summed E-state index contributed by atoms with van der Waals surface area (Å²) in [7, 11) is 0. The maximum Gasteiger partial charge on any atom is 0.314 e. The molecule has 5 nitrogen and oxygen atoms in total. The standard InChI is InChI=1S/C15H10ClN3O2/c16-11-3-7-13(8-4-11)19-15(21)14(20)18-12-5-1-10(9-17)2-6-12/h1-8H,(H,18,20)(H,19,21). The minimum absolute atomic E-state index is 0.435. The van der Waals surface area contributed by atoms with Crippen LogP contribution in [0.1, 0.15) is 5.56 Å². The molecule has 0 aromatic heterocycles. The molecule has 0 spiro atoms. The van der Waals surface area contributed by atoms with Crippen molar-refractivity contribution in [3.63, 3.8) is 0 Å². The van der Waals surface area contributed by atoms with Crippen molar-refractivity contribution in [1.82, 2.24) is 0 Å². The molecule has 0 saturated heterocycles. The zero-order chi connectivity index (χ0) is 15.2. The third kappa shape index (κ3) is 4.06. The van der Waals surface area contributed by atoms with Crippen LogP contribution in [0, 0.1) is 11.3 Å². The molecule has 0 atom stereocenters. The number of hydrogen-bond donors (Lipinski definition) is 2. The van der Waals surface area contributed by atoms with E-state index >= 15 is 0 Å². The van der Waals surface area contributed by atoms with Crippen molar-refractivity contribution in [2.75, 3.05) is 10.6 Å². The summed E-state index contributed by atoms with van der Waals surface area (Å²) in [6.45, 7) is 0. The van der Waals surface area contributed by atoms with E-state index in [-0.39, 0.29) is 0 Å². The molecule has 0 fully saturated rings. The highest BCUT2D eigenvalue weighted by Crippen LogP contribution is 2.13. The molecule has 0 aliphatic rings. The maximum absolute atomic E-state index is 11.7.